The number of carbonyl (C=O) groups is 1. The normalized spacial score (nSPS) is 19.7. The van der Waals surface area contributed by atoms with Crippen LogP contribution in [-0.4, -0.2) is 17.2 Å². The van der Waals surface area contributed by atoms with Crippen molar-refractivity contribution < 1.29 is 9.53 Å². The van der Waals surface area contributed by atoms with E-state index in [0.717, 1.165) is 19.3 Å². The highest BCUT2D eigenvalue weighted by molar-refractivity contribution is 5.69. The van der Waals surface area contributed by atoms with Crippen molar-refractivity contribution in [2.75, 3.05) is 0 Å². The predicted molar refractivity (Wildman–Crippen MR) is 56.2 cm³/mol. The van der Waals surface area contributed by atoms with Gasteiger partial charge >= 0.3 is 6.09 Å². The third kappa shape index (κ3) is 2.89. The summed E-state index contributed by atoms with van der Waals surface area (Å²) in [6.07, 6.45) is 4.10. The molecule has 14 heavy (non-hydrogen) atoms. The van der Waals surface area contributed by atoms with Crippen molar-refractivity contribution in [3.8, 4) is 0 Å². The van der Waals surface area contributed by atoms with Crippen LogP contribution >= 0.6 is 0 Å². The standard InChI is InChI=1S/C11H21NO2/c1-5-11(7-6-8-11)12-9(13)14-10(2,3)4/h5-8H2,1-4H3,(H,12,13). The van der Waals surface area contributed by atoms with Gasteiger partial charge < -0.3 is 10.1 Å². The summed E-state index contributed by atoms with van der Waals surface area (Å²) >= 11 is 0. The van der Waals surface area contributed by atoms with Crippen molar-refractivity contribution in [3.05, 3.63) is 0 Å². The van der Waals surface area contributed by atoms with Crippen LogP contribution in [0.25, 0.3) is 0 Å². The van der Waals surface area contributed by atoms with Crippen molar-refractivity contribution in [1.82, 2.24) is 5.32 Å². The van der Waals surface area contributed by atoms with Gasteiger partial charge in [-0.15, -0.1) is 0 Å². The zero-order chi connectivity index (χ0) is 10.8. The molecule has 0 aromatic heterocycles. The highest BCUT2D eigenvalue weighted by Gasteiger charge is 2.37. The SMILES string of the molecule is CCC1(NC(=O)OC(C)(C)C)CCC1. The minimum absolute atomic E-state index is 0.0301. The van der Waals surface area contributed by atoms with Gasteiger partial charge in [0.2, 0.25) is 0 Å². The molecule has 0 spiro atoms. The molecule has 0 aromatic rings. The molecule has 0 saturated heterocycles. The molecule has 0 heterocycles. The van der Waals surface area contributed by atoms with E-state index in [0.29, 0.717) is 0 Å². The van der Waals surface area contributed by atoms with Gasteiger partial charge in [0.05, 0.1) is 0 Å². The second-order valence-electron chi connectivity index (χ2n) is 5.11. The van der Waals surface area contributed by atoms with Gasteiger partial charge in [-0.25, -0.2) is 4.79 Å². The number of hydrogen-bond donors (Lipinski definition) is 1. The lowest BCUT2D eigenvalue weighted by atomic mass is 9.75. The molecular formula is C11H21NO2. The van der Waals surface area contributed by atoms with Crippen LogP contribution in [0.1, 0.15) is 53.4 Å². The van der Waals surface area contributed by atoms with Gasteiger partial charge in [-0.3, -0.25) is 0 Å². The van der Waals surface area contributed by atoms with Crippen LogP contribution in [0, 0.1) is 0 Å². The van der Waals surface area contributed by atoms with E-state index in [9.17, 15) is 4.79 Å². The average molecular weight is 199 g/mol. The topological polar surface area (TPSA) is 38.3 Å². The summed E-state index contributed by atoms with van der Waals surface area (Å²) in [4.78, 5) is 11.5. The van der Waals surface area contributed by atoms with Crippen LogP contribution in [-0.2, 0) is 4.74 Å². The quantitative estimate of drug-likeness (QED) is 0.742. The largest absolute Gasteiger partial charge is 0.444 e. The van der Waals surface area contributed by atoms with Crippen LogP contribution in [0.4, 0.5) is 4.79 Å². The fraction of sp³-hybridized carbons (Fsp3) is 0.909. The van der Waals surface area contributed by atoms with Crippen molar-refractivity contribution in [2.45, 2.75) is 64.5 Å². The number of carbonyl (C=O) groups excluding carboxylic acids is 1. The number of alkyl carbamates (subject to hydrolysis) is 1. The molecule has 0 atom stereocenters. The predicted octanol–water partition coefficient (Wildman–Crippen LogP) is 2.84. The zero-order valence-electron chi connectivity index (χ0n) is 9.64. The van der Waals surface area contributed by atoms with Gasteiger partial charge in [0, 0.05) is 5.54 Å². The second kappa shape index (κ2) is 3.79. The van der Waals surface area contributed by atoms with E-state index >= 15 is 0 Å². The summed E-state index contributed by atoms with van der Waals surface area (Å²) in [5.41, 5.74) is -0.370. The van der Waals surface area contributed by atoms with E-state index in [1.165, 1.54) is 6.42 Å². The Hall–Kier alpha value is -0.730. The van der Waals surface area contributed by atoms with Crippen molar-refractivity contribution >= 4 is 6.09 Å². The molecule has 1 fully saturated rings. The Morgan fingerprint density at radius 2 is 2.00 bits per heavy atom. The second-order valence-corrected chi connectivity index (χ2v) is 5.11. The maximum absolute atomic E-state index is 11.5. The molecule has 0 bridgehead atoms. The lowest BCUT2D eigenvalue weighted by molar-refractivity contribution is 0.0377. The molecule has 1 aliphatic carbocycles. The first-order valence-corrected chi connectivity index (χ1v) is 5.38. The van der Waals surface area contributed by atoms with E-state index in [-0.39, 0.29) is 11.6 Å². The minimum Gasteiger partial charge on any atom is -0.444 e. The van der Waals surface area contributed by atoms with E-state index in [1.807, 2.05) is 20.8 Å². The minimum atomic E-state index is -0.400. The summed E-state index contributed by atoms with van der Waals surface area (Å²) < 4.78 is 5.22. The molecule has 1 amide bonds. The molecule has 1 aliphatic rings. The van der Waals surface area contributed by atoms with E-state index < -0.39 is 5.60 Å². The Morgan fingerprint density at radius 1 is 1.43 bits per heavy atom. The third-order valence-corrected chi connectivity index (χ3v) is 2.75. The lowest BCUT2D eigenvalue weighted by Gasteiger charge is -2.42. The number of rotatable bonds is 2. The molecule has 3 nitrogen and oxygen atoms in total. The monoisotopic (exact) mass is 199 g/mol. The van der Waals surface area contributed by atoms with E-state index in [4.69, 9.17) is 4.74 Å². The Labute approximate surface area is 86.2 Å². The first-order valence-electron chi connectivity index (χ1n) is 5.38. The summed E-state index contributed by atoms with van der Waals surface area (Å²) in [6.45, 7) is 7.75. The summed E-state index contributed by atoms with van der Waals surface area (Å²) in [6, 6.07) is 0. The number of amides is 1. The van der Waals surface area contributed by atoms with Gasteiger partial charge in [-0.05, 0) is 46.5 Å². The fourth-order valence-electron chi connectivity index (χ4n) is 1.69. The Bertz CT molecular complexity index is 208. The van der Waals surface area contributed by atoms with Crippen molar-refractivity contribution in [2.24, 2.45) is 0 Å². The Morgan fingerprint density at radius 3 is 2.29 bits per heavy atom. The molecule has 82 valence electrons. The molecule has 0 aromatic carbocycles. The zero-order valence-corrected chi connectivity index (χ0v) is 9.64. The van der Waals surface area contributed by atoms with Gasteiger partial charge in [0.25, 0.3) is 0 Å². The maximum atomic E-state index is 11.5. The van der Waals surface area contributed by atoms with Gasteiger partial charge in [-0.2, -0.15) is 0 Å². The number of hydrogen-bond acceptors (Lipinski definition) is 2. The molecule has 0 unspecified atom stereocenters. The molecule has 3 heteroatoms. The molecule has 1 rings (SSSR count). The first-order chi connectivity index (χ1) is 6.37. The van der Waals surface area contributed by atoms with Gasteiger partial charge in [0.1, 0.15) is 5.60 Å². The Balaban J connectivity index is 2.40. The van der Waals surface area contributed by atoms with Gasteiger partial charge in [-0.1, -0.05) is 6.92 Å². The maximum Gasteiger partial charge on any atom is 0.408 e. The molecular weight excluding hydrogens is 178 g/mol. The molecule has 0 radical (unpaired) electrons. The van der Waals surface area contributed by atoms with Crippen LogP contribution in [0.15, 0.2) is 0 Å². The van der Waals surface area contributed by atoms with Crippen LogP contribution in [0.3, 0.4) is 0 Å². The summed E-state index contributed by atoms with van der Waals surface area (Å²) in [5, 5.41) is 2.97. The molecule has 1 N–H and O–H groups in total. The van der Waals surface area contributed by atoms with Gasteiger partial charge in [0.15, 0.2) is 0 Å². The summed E-state index contributed by atoms with van der Waals surface area (Å²) in [5.74, 6) is 0. The van der Waals surface area contributed by atoms with E-state index in [1.54, 1.807) is 0 Å². The van der Waals surface area contributed by atoms with Crippen LogP contribution in [0.5, 0.6) is 0 Å². The van der Waals surface area contributed by atoms with Crippen LogP contribution < -0.4 is 5.32 Å². The highest BCUT2D eigenvalue weighted by atomic mass is 16.6. The lowest BCUT2D eigenvalue weighted by Crippen LogP contribution is -2.54. The molecule has 1 saturated carbocycles. The number of nitrogens with one attached hydrogen (secondary N) is 1. The van der Waals surface area contributed by atoms with Crippen molar-refractivity contribution in [1.29, 1.82) is 0 Å². The number of ether oxygens (including phenoxy) is 1. The third-order valence-electron chi connectivity index (χ3n) is 2.75. The first kappa shape index (κ1) is 11.3. The smallest absolute Gasteiger partial charge is 0.408 e. The van der Waals surface area contributed by atoms with Crippen molar-refractivity contribution in [3.63, 3.8) is 0 Å². The fourth-order valence-corrected chi connectivity index (χ4v) is 1.69. The average Bonchev–Trinajstić information content (AvgIpc) is 1.93. The van der Waals surface area contributed by atoms with Crippen LogP contribution in [0.2, 0.25) is 0 Å². The summed E-state index contributed by atoms with van der Waals surface area (Å²) in [7, 11) is 0. The molecule has 0 aliphatic heterocycles. The van der Waals surface area contributed by atoms with E-state index in [2.05, 4.69) is 12.2 Å². The Kier molecular flexibility index (Phi) is 3.07. The highest BCUT2D eigenvalue weighted by Crippen LogP contribution is 2.34.